The molecule has 2 aliphatic heterocycles. The van der Waals surface area contributed by atoms with Crippen molar-refractivity contribution < 1.29 is 4.79 Å². The largest absolute Gasteiger partial charge is 0.338 e. The number of aromatic amines is 1. The van der Waals surface area contributed by atoms with Crippen LogP contribution >= 0.6 is 0 Å². The smallest absolute Gasteiger partial charge is 0.260 e. The Morgan fingerprint density at radius 3 is 2.81 bits per heavy atom. The Labute approximate surface area is 158 Å². The van der Waals surface area contributed by atoms with Gasteiger partial charge in [-0.2, -0.15) is 0 Å². The molecule has 0 spiro atoms. The van der Waals surface area contributed by atoms with Crippen LogP contribution in [0, 0.1) is 0 Å². The molecule has 0 unspecified atom stereocenters. The lowest BCUT2D eigenvalue weighted by molar-refractivity contribution is 0.0701. The van der Waals surface area contributed by atoms with Crippen molar-refractivity contribution in [2.75, 3.05) is 26.2 Å². The number of aromatic nitrogens is 4. The van der Waals surface area contributed by atoms with Gasteiger partial charge in [-0.3, -0.25) is 14.5 Å². The Morgan fingerprint density at radius 2 is 2.04 bits per heavy atom. The van der Waals surface area contributed by atoms with Crippen molar-refractivity contribution in [2.45, 2.75) is 38.1 Å². The van der Waals surface area contributed by atoms with Crippen LogP contribution in [0.5, 0.6) is 0 Å². The summed E-state index contributed by atoms with van der Waals surface area (Å²) >= 11 is 0. The molecule has 0 aromatic carbocycles. The number of piperidine rings is 1. The first-order chi connectivity index (χ1) is 13.1. The minimum absolute atomic E-state index is 0.148. The summed E-state index contributed by atoms with van der Waals surface area (Å²) in [5.41, 5.74) is -0.137. The van der Waals surface area contributed by atoms with Crippen LogP contribution in [0.25, 0.3) is 0 Å². The molecule has 2 aromatic heterocycles. The molecule has 2 fully saturated rings. The van der Waals surface area contributed by atoms with E-state index in [1.54, 1.807) is 23.2 Å². The van der Waals surface area contributed by atoms with E-state index in [2.05, 4.69) is 24.6 Å². The lowest BCUT2D eigenvalue weighted by atomic mass is 9.96. The number of nitrogens with one attached hydrogen (secondary N) is 1. The third kappa shape index (κ3) is 3.66. The summed E-state index contributed by atoms with van der Waals surface area (Å²) in [4.78, 5) is 31.5. The number of H-pyrrole nitrogens is 1. The van der Waals surface area contributed by atoms with E-state index in [1.165, 1.54) is 12.8 Å². The summed E-state index contributed by atoms with van der Waals surface area (Å²) in [6, 6.07) is 3.27. The highest BCUT2D eigenvalue weighted by molar-refractivity contribution is 5.93. The van der Waals surface area contributed by atoms with Gasteiger partial charge in [-0.1, -0.05) is 0 Å². The van der Waals surface area contributed by atoms with Crippen LogP contribution in [0.4, 0.5) is 0 Å². The number of likely N-dealkylation sites (tertiary alicyclic amines) is 2. The third-order valence-corrected chi connectivity index (χ3v) is 5.68. The minimum Gasteiger partial charge on any atom is -0.338 e. The second kappa shape index (κ2) is 7.64. The monoisotopic (exact) mass is 370 g/mol. The summed E-state index contributed by atoms with van der Waals surface area (Å²) in [5, 5.41) is 8.86. The number of hydrogen-bond acceptors (Lipinski definition) is 5. The van der Waals surface area contributed by atoms with Crippen LogP contribution in [0.2, 0.25) is 0 Å². The van der Waals surface area contributed by atoms with Crippen LogP contribution in [0.1, 0.15) is 53.6 Å². The molecule has 0 saturated carbocycles. The predicted molar refractivity (Wildman–Crippen MR) is 100 cm³/mol. The fraction of sp³-hybridized carbons (Fsp3) is 0.579. The molecule has 1 N–H and O–H groups in total. The van der Waals surface area contributed by atoms with Gasteiger partial charge in [0.25, 0.3) is 11.5 Å². The summed E-state index contributed by atoms with van der Waals surface area (Å²) in [6.45, 7) is 4.32. The molecule has 27 heavy (non-hydrogen) atoms. The second-order valence-electron chi connectivity index (χ2n) is 7.52. The van der Waals surface area contributed by atoms with Crippen LogP contribution in [-0.2, 0) is 13.6 Å². The van der Waals surface area contributed by atoms with Gasteiger partial charge in [-0.15, -0.1) is 10.2 Å². The standard InChI is InChI=1S/C19H26N6O2/c1-23-16(13-24-9-2-3-10-24)21-22-17(23)14-6-5-11-25(12-14)19(27)15-7-4-8-20-18(15)26/h4,7-8,14H,2-3,5-6,9-13H2,1H3,(H,20,26)/t14-/m1/s1. The van der Waals surface area contributed by atoms with Crippen LogP contribution in [-0.4, -0.2) is 61.6 Å². The zero-order chi connectivity index (χ0) is 18.8. The lowest BCUT2D eigenvalue weighted by Gasteiger charge is -2.32. The normalized spacial score (nSPS) is 20.9. The van der Waals surface area contributed by atoms with Crippen molar-refractivity contribution in [3.63, 3.8) is 0 Å². The number of nitrogens with zero attached hydrogens (tertiary/aromatic N) is 5. The van der Waals surface area contributed by atoms with E-state index in [-0.39, 0.29) is 22.9 Å². The van der Waals surface area contributed by atoms with Gasteiger partial charge in [0.05, 0.1) is 6.54 Å². The van der Waals surface area contributed by atoms with Crippen LogP contribution in [0.3, 0.4) is 0 Å². The molecule has 144 valence electrons. The number of carbonyl (C=O) groups excluding carboxylic acids is 1. The molecule has 1 amide bonds. The maximum absolute atomic E-state index is 12.8. The molecule has 8 nitrogen and oxygen atoms in total. The summed E-state index contributed by atoms with van der Waals surface area (Å²) in [6.07, 6.45) is 5.92. The summed E-state index contributed by atoms with van der Waals surface area (Å²) < 4.78 is 2.09. The quantitative estimate of drug-likeness (QED) is 0.871. The fourth-order valence-corrected chi connectivity index (χ4v) is 4.14. The maximum atomic E-state index is 12.8. The second-order valence-corrected chi connectivity index (χ2v) is 7.52. The van der Waals surface area contributed by atoms with E-state index < -0.39 is 0 Å². The van der Waals surface area contributed by atoms with Gasteiger partial charge >= 0.3 is 0 Å². The fourth-order valence-electron chi connectivity index (χ4n) is 4.14. The van der Waals surface area contributed by atoms with Crippen molar-refractivity contribution in [1.29, 1.82) is 0 Å². The van der Waals surface area contributed by atoms with E-state index >= 15 is 0 Å². The van der Waals surface area contributed by atoms with Crippen molar-refractivity contribution in [3.05, 3.63) is 45.9 Å². The maximum Gasteiger partial charge on any atom is 0.260 e. The lowest BCUT2D eigenvalue weighted by Crippen LogP contribution is -2.41. The van der Waals surface area contributed by atoms with Crippen molar-refractivity contribution in [2.24, 2.45) is 7.05 Å². The van der Waals surface area contributed by atoms with Gasteiger partial charge in [-0.05, 0) is 50.9 Å². The highest BCUT2D eigenvalue weighted by Crippen LogP contribution is 2.27. The first-order valence-corrected chi connectivity index (χ1v) is 9.71. The van der Waals surface area contributed by atoms with Gasteiger partial charge in [0.2, 0.25) is 0 Å². The molecular formula is C19H26N6O2. The minimum atomic E-state index is -0.337. The number of pyridine rings is 1. The summed E-state index contributed by atoms with van der Waals surface area (Å²) in [5.74, 6) is 1.86. The van der Waals surface area contributed by atoms with E-state index in [0.29, 0.717) is 13.1 Å². The van der Waals surface area contributed by atoms with Crippen LogP contribution in [0.15, 0.2) is 23.1 Å². The molecule has 1 atom stereocenters. The van der Waals surface area contributed by atoms with Gasteiger partial charge in [0.1, 0.15) is 17.2 Å². The molecule has 0 bridgehead atoms. The summed E-state index contributed by atoms with van der Waals surface area (Å²) in [7, 11) is 2.02. The molecule has 8 heteroatoms. The van der Waals surface area contributed by atoms with Gasteiger partial charge < -0.3 is 14.5 Å². The SMILES string of the molecule is Cn1c(CN2CCCC2)nnc1[C@@H]1CCCN(C(=O)c2ccc[nH]c2=O)C1. The van der Waals surface area contributed by atoms with E-state index in [1.807, 2.05) is 7.05 Å². The Balaban J connectivity index is 1.48. The van der Waals surface area contributed by atoms with Crippen molar-refractivity contribution >= 4 is 5.91 Å². The first-order valence-electron chi connectivity index (χ1n) is 9.71. The molecule has 4 rings (SSSR count). The Bertz CT molecular complexity index is 867. The van der Waals surface area contributed by atoms with Crippen LogP contribution < -0.4 is 5.56 Å². The number of carbonyl (C=O) groups is 1. The number of rotatable bonds is 4. The predicted octanol–water partition coefficient (Wildman–Crippen LogP) is 1.12. The van der Waals surface area contributed by atoms with Gasteiger partial charge in [-0.25, -0.2) is 0 Å². The average Bonchev–Trinajstić information content (AvgIpc) is 3.32. The third-order valence-electron chi connectivity index (χ3n) is 5.68. The molecule has 2 aliphatic rings. The molecular weight excluding hydrogens is 344 g/mol. The first kappa shape index (κ1) is 17.9. The molecule has 2 saturated heterocycles. The van der Waals surface area contributed by atoms with E-state index in [0.717, 1.165) is 44.1 Å². The molecule has 0 aliphatic carbocycles. The van der Waals surface area contributed by atoms with Crippen molar-refractivity contribution in [1.82, 2.24) is 29.5 Å². The number of amides is 1. The number of hydrogen-bond donors (Lipinski definition) is 1. The Kier molecular flexibility index (Phi) is 5.07. The van der Waals surface area contributed by atoms with E-state index in [9.17, 15) is 9.59 Å². The molecule has 4 heterocycles. The zero-order valence-corrected chi connectivity index (χ0v) is 15.7. The van der Waals surface area contributed by atoms with E-state index in [4.69, 9.17) is 0 Å². The zero-order valence-electron chi connectivity index (χ0n) is 15.7. The van der Waals surface area contributed by atoms with Crippen molar-refractivity contribution in [3.8, 4) is 0 Å². The van der Waals surface area contributed by atoms with Gasteiger partial charge in [0, 0.05) is 32.3 Å². The molecule has 0 radical (unpaired) electrons. The Hall–Kier alpha value is -2.48. The average molecular weight is 370 g/mol. The topological polar surface area (TPSA) is 87.1 Å². The highest BCUT2D eigenvalue weighted by Gasteiger charge is 2.30. The highest BCUT2D eigenvalue weighted by atomic mass is 16.2. The van der Waals surface area contributed by atoms with Gasteiger partial charge in [0.15, 0.2) is 0 Å². The Morgan fingerprint density at radius 1 is 1.22 bits per heavy atom. The molecule has 2 aromatic rings.